The van der Waals surface area contributed by atoms with Gasteiger partial charge in [0.15, 0.2) is 5.82 Å². The molecule has 0 unspecified atom stereocenters. The molecule has 0 aliphatic rings. The summed E-state index contributed by atoms with van der Waals surface area (Å²) in [5, 5.41) is 13.7. The van der Waals surface area contributed by atoms with Gasteiger partial charge in [-0.25, -0.2) is 4.68 Å². The molecular formula is C21H19N5O2S. The maximum Gasteiger partial charge on any atom is 0.234 e. The summed E-state index contributed by atoms with van der Waals surface area (Å²) >= 11 is 1.23. The minimum absolute atomic E-state index is 0.141. The van der Waals surface area contributed by atoms with Crippen LogP contribution in [0.4, 0.5) is 5.69 Å². The number of amides is 1. The molecule has 0 aliphatic carbocycles. The number of hydrogen-bond acceptors (Lipinski definition) is 6. The van der Waals surface area contributed by atoms with Crippen LogP contribution in [-0.2, 0) is 4.79 Å². The van der Waals surface area contributed by atoms with Gasteiger partial charge in [-0.15, -0.1) is 10.2 Å². The van der Waals surface area contributed by atoms with Crippen molar-refractivity contribution in [3.8, 4) is 17.1 Å². The Kier molecular flexibility index (Phi) is 5.35. The first kappa shape index (κ1) is 18.8. The minimum atomic E-state index is -0.141. The first-order chi connectivity index (χ1) is 14.2. The monoisotopic (exact) mass is 405 g/mol. The summed E-state index contributed by atoms with van der Waals surface area (Å²) in [5.41, 5.74) is 1.56. The van der Waals surface area contributed by atoms with Gasteiger partial charge in [-0.2, -0.15) is 0 Å². The van der Waals surface area contributed by atoms with Crippen LogP contribution in [0.1, 0.15) is 0 Å². The van der Waals surface area contributed by atoms with Crippen molar-refractivity contribution in [2.24, 2.45) is 0 Å². The number of carbonyl (C=O) groups excluding carboxylic acids is 1. The van der Waals surface area contributed by atoms with E-state index in [0.717, 1.165) is 22.0 Å². The Morgan fingerprint density at radius 3 is 2.76 bits per heavy atom. The molecule has 7 nitrogen and oxygen atoms in total. The third kappa shape index (κ3) is 4.02. The molecule has 146 valence electrons. The maximum atomic E-state index is 12.5. The van der Waals surface area contributed by atoms with Gasteiger partial charge in [0.05, 0.1) is 12.9 Å². The van der Waals surface area contributed by atoms with E-state index in [-0.39, 0.29) is 11.7 Å². The van der Waals surface area contributed by atoms with Crippen LogP contribution in [-0.4, -0.2) is 33.6 Å². The molecule has 3 N–H and O–H groups in total. The molecule has 0 atom stereocenters. The molecule has 1 aromatic heterocycles. The van der Waals surface area contributed by atoms with Crippen molar-refractivity contribution in [1.29, 1.82) is 0 Å². The highest BCUT2D eigenvalue weighted by molar-refractivity contribution is 7.99. The van der Waals surface area contributed by atoms with E-state index in [1.54, 1.807) is 7.11 Å². The molecule has 0 bridgehead atoms. The van der Waals surface area contributed by atoms with Gasteiger partial charge in [0.25, 0.3) is 0 Å². The van der Waals surface area contributed by atoms with Crippen molar-refractivity contribution >= 4 is 34.1 Å². The number of benzene rings is 3. The standard InChI is InChI=1S/C21H19N5O2S/c1-28-16-9-4-8-15(12-16)20-24-25-21(26(20)22)29-13-19(27)23-18-11-5-7-14-6-2-3-10-17(14)18/h2-12H,13,22H2,1H3,(H,23,27). The van der Waals surface area contributed by atoms with Crippen LogP contribution < -0.4 is 15.9 Å². The molecule has 1 amide bonds. The molecule has 0 aliphatic heterocycles. The predicted octanol–water partition coefficient (Wildman–Crippen LogP) is 3.55. The zero-order valence-electron chi connectivity index (χ0n) is 15.7. The lowest BCUT2D eigenvalue weighted by molar-refractivity contribution is -0.113. The topological polar surface area (TPSA) is 95.1 Å². The number of nitrogens with zero attached hydrogens (tertiary/aromatic N) is 3. The first-order valence-electron chi connectivity index (χ1n) is 8.91. The third-order valence-corrected chi connectivity index (χ3v) is 5.33. The number of methoxy groups -OCH3 is 1. The van der Waals surface area contributed by atoms with Crippen LogP contribution in [0.5, 0.6) is 5.75 Å². The summed E-state index contributed by atoms with van der Waals surface area (Å²) < 4.78 is 6.61. The Hall–Kier alpha value is -3.52. The third-order valence-electron chi connectivity index (χ3n) is 4.39. The Labute approximate surface area is 171 Å². The summed E-state index contributed by atoms with van der Waals surface area (Å²) in [6.45, 7) is 0. The van der Waals surface area contributed by atoms with Crippen LogP contribution in [0.15, 0.2) is 71.9 Å². The van der Waals surface area contributed by atoms with E-state index in [9.17, 15) is 4.79 Å². The maximum absolute atomic E-state index is 12.5. The Balaban J connectivity index is 1.45. The molecule has 0 fully saturated rings. The number of ether oxygens (including phenoxy) is 1. The van der Waals surface area contributed by atoms with Gasteiger partial charge in [0.2, 0.25) is 11.1 Å². The van der Waals surface area contributed by atoms with Crippen molar-refractivity contribution in [2.45, 2.75) is 5.16 Å². The van der Waals surface area contributed by atoms with Gasteiger partial charge in [0, 0.05) is 16.6 Å². The first-order valence-corrected chi connectivity index (χ1v) is 9.89. The molecule has 1 heterocycles. The van der Waals surface area contributed by atoms with Gasteiger partial charge >= 0.3 is 0 Å². The highest BCUT2D eigenvalue weighted by Gasteiger charge is 2.15. The van der Waals surface area contributed by atoms with Crippen molar-refractivity contribution in [1.82, 2.24) is 14.9 Å². The second-order valence-electron chi connectivity index (χ2n) is 6.27. The summed E-state index contributed by atoms with van der Waals surface area (Å²) in [6.07, 6.45) is 0. The Morgan fingerprint density at radius 2 is 1.90 bits per heavy atom. The quantitative estimate of drug-likeness (QED) is 0.376. The fourth-order valence-corrected chi connectivity index (χ4v) is 3.64. The predicted molar refractivity (Wildman–Crippen MR) is 115 cm³/mol. The van der Waals surface area contributed by atoms with E-state index in [1.807, 2.05) is 66.7 Å². The van der Waals surface area contributed by atoms with E-state index in [0.29, 0.717) is 16.7 Å². The SMILES string of the molecule is COc1cccc(-c2nnc(SCC(=O)Nc3cccc4ccccc34)n2N)c1. The molecule has 4 rings (SSSR count). The van der Waals surface area contributed by atoms with Crippen LogP contribution in [0.2, 0.25) is 0 Å². The van der Waals surface area contributed by atoms with Crippen LogP contribution >= 0.6 is 11.8 Å². The molecule has 0 radical (unpaired) electrons. The molecule has 4 aromatic rings. The highest BCUT2D eigenvalue weighted by Crippen LogP contribution is 2.26. The number of nitrogens with one attached hydrogen (secondary N) is 1. The van der Waals surface area contributed by atoms with Gasteiger partial charge < -0.3 is 15.9 Å². The average molecular weight is 405 g/mol. The number of aromatic nitrogens is 3. The summed E-state index contributed by atoms with van der Waals surface area (Å²) in [5.74, 6) is 7.36. The lowest BCUT2D eigenvalue weighted by atomic mass is 10.1. The second kappa shape index (κ2) is 8.24. The number of rotatable bonds is 6. The molecule has 0 spiro atoms. The summed E-state index contributed by atoms with van der Waals surface area (Å²) in [6, 6.07) is 21.1. The van der Waals surface area contributed by atoms with E-state index in [2.05, 4.69) is 15.5 Å². The molecule has 3 aromatic carbocycles. The number of hydrogen-bond donors (Lipinski definition) is 2. The molecular weight excluding hydrogens is 386 g/mol. The average Bonchev–Trinajstić information content (AvgIpc) is 3.13. The van der Waals surface area contributed by atoms with Gasteiger partial charge in [-0.3, -0.25) is 4.79 Å². The summed E-state index contributed by atoms with van der Waals surface area (Å²) in [7, 11) is 1.60. The largest absolute Gasteiger partial charge is 0.497 e. The lowest BCUT2D eigenvalue weighted by Crippen LogP contribution is -2.16. The van der Waals surface area contributed by atoms with E-state index in [1.165, 1.54) is 16.4 Å². The van der Waals surface area contributed by atoms with Crippen molar-refractivity contribution < 1.29 is 9.53 Å². The van der Waals surface area contributed by atoms with E-state index < -0.39 is 0 Å². The van der Waals surface area contributed by atoms with Gasteiger partial charge in [-0.1, -0.05) is 60.3 Å². The molecule has 29 heavy (non-hydrogen) atoms. The minimum Gasteiger partial charge on any atom is -0.497 e. The van der Waals surface area contributed by atoms with E-state index >= 15 is 0 Å². The van der Waals surface area contributed by atoms with Crippen molar-refractivity contribution in [3.63, 3.8) is 0 Å². The Bertz CT molecular complexity index is 1170. The van der Waals surface area contributed by atoms with Gasteiger partial charge in [-0.05, 0) is 23.6 Å². The summed E-state index contributed by atoms with van der Waals surface area (Å²) in [4.78, 5) is 12.5. The molecule has 0 saturated carbocycles. The normalized spacial score (nSPS) is 10.8. The van der Waals surface area contributed by atoms with Crippen molar-refractivity contribution in [2.75, 3.05) is 24.0 Å². The lowest BCUT2D eigenvalue weighted by Gasteiger charge is -2.08. The number of nitrogens with two attached hydrogens (primary N) is 1. The number of nitrogen functional groups attached to an aromatic ring is 1. The van der Waals surface area contributed by atoms with E-state index in [4.69, 9.17) is 10.6 Å². The molecule has 8 heteroatoms. The zero-order chi connectivity index (χ0) is 20.2. The Morgan fingerprint density at radius 1 is 1.10 bits per heavy atom. The van der Waals surface area contributed by atoms with Gasteiger partial charge in [0.1, 0.15) is 5.75 Å². The number of anilines is 1. The van der Waals surface area contributed by atoms with Crippen LogP contribution in [0.3, 0.4) is 0 Å². The zero-order valence-corrected chi connectivity index (χ0v) is 16.5. The van der Waals surface area contributed by atoms with Crippen LogP contribution in [0.25, 0.3) is 22.2 Å². The number of carbonyl (C=O) groups is 1. The number of thioether (sulfide) groups is 1. The smallest absolute Gasteiger partial charge is 0.234 e. The number of fused-ring (bicyclic) bond motifs is 1. The van der Waals surface area contributed by atoms with Crippen LogP contribution in [0, 0.1) is 0 Å². The fourth-order valence-electron chi connectivity index (χ4n) is 2.99. The molecule has 0 saturated heterocycles. The highest BCUT2D eigenvalue weighted by atomic mass is 32.2. The second-order valence-corrected chi connectivity index (χ2v) is 7.21. The fraction of sp³-hybridized carbons (Fsp3) is 0.0952. The van der Waals surface area contributed by atoms with Crippen molar-refractivity contribution in [3.05, 3.63) is 66.7 Å².